The summed E-state index contributed by atoms with van der Waals surface area (Å²) < 4.78 is 13.7. The molecule has 1 amide bonds. The maximum absolute atomic E-state index is 13.7. The maximum Gasteiger partial charge on any atom is 0.252 e. The summed E-state index contributed by atoms with van der Waals surface area (Å²) in [7, 11) is 0. The number of aromatic nitrogens is 3. The van der Waals surface area contributed by atoms with Crippen LogP contribution in [0.25, 0.3) is 21.9 Å². The van der Waals surface area contributed by atoms with Gasteiger partial charge in [-0.1, -0.05) is 24.3 Å². The number of nitrogens with zero attached hydrogens (tertiary/aromatic N) is 1. The van der Waals surface area contributed by atoms with E-state index in [1.165, 1.54) is 6.07 Å². The molecular weight excluding hydrogens is 347 g/mol. The third-order valence-corrected chi connectivity index (χ3v) is 4.58. The van der Waals surface area contributed by atoms with Crippen molar-refractivity contribution in [2.45, 2.75) is 19.4 Å². The molecule has 0 radical (unpaired) electrons. The zero-order chi connectivity index (χ0) is 19.0. The number of benzene rings is 2. The van der Waals surface area contributed by atoms with Gasteiger partial charge in [-0.05, 0) is 36.6 Å². The van der Waals surface area contributed by atoms with Crippen molar-refractivity contribution < 1.29 is 9.18 Å². The van der Waals surface area contributed by atoms with Gasteiger partial charge in [0, 0.05) is 11.1 Å². The van der Waals surface area contributed by atoms with Crippen molar-refractivity contribution in [3.8, 4) is 0 Å². The van der Waals surface area contributed by atoms with Crippen molar-refractivity contribution in [1.82, 2.24) is 20.3 Å². The number of amides is 1. The fraction of sp³-hybridized carbons (Fsp3) is 0.150. The van der Waals surface area contributed by atoms with Crippen LogP contribution in [0.3, 0.4) is 0 Å². The molecular formula is C20H17FN4O2. The van der Waals surface area contributed by atoms with Crippen LogP contribution in [0.1, 0.15) is 24.2 Å². The number of imidazole rings is 1. The summed E-state index contributed by atoms with van der Waals surface area (Å²) in [6, 6.07) is 13.8. The fourth-order valence-corrected chi connectivity index (χ4v) is 3.08. The Morgan fingerprint density at radius 3 is 2.74 bits per heavy atom. The summed E-state index contributed by atoms with van der Waals surface area (Å²) in [5, 5.41) is 3.61. The first-order chi connectivity index (χ1) is 13.0. The number of halogens is 1. The number of pyridine rings is 1. The number of carbonyl (C=O) groups is 1. The second-order valence-electron chi connectivity index (χ2n) is 6.40. The van der Waals surface area contributed by atoms with Crippen molar-refractivity contribution in [2.24, 2.45) is 0 Å². The van der Waals surface area contributed by atoms with E-state index in [4.69, 9.17) is 0 Å². The van der Waals surface area contributed by atoms with E-state index in [1.54, 1.807) is 25.1 Å². The number of nitrogens with one attached hydrogen (secondary N) is 3. The lowest BCUT2D eigenvalue weighted by Gasteiger charge is -2.12. The highest BCUT2D eigenvalue weighted by atomic mass is 19.1. The van der Waals surface area contributed by atoms with Gasteiger partial charge in [0.25, 0.3) is 5.56 Å². The Bertz CT molecular complexity index is 1210. The molecule has 136 valence electrons. The Kier molecular flexibility index (Phi) is 4.19. The van der Waals surface area contributed by atoms with Gasteiger partial charge in [-0.2, -0.15) is 0 Å². The topological polar surface area (TPSA) is 90.6 Å². The second-order valence-corrected chi connectivity index (χ2v) is 6.40. The molecule has 0 saturated carbocycles. The van der Waals surface area contributed by atoms with Gasteiger partial charge in [0.15, 0.2) is 5.82 Å². The van der Waals surface area contributed by atoms with Crippen molar-refractivity contribution in [2.75, 3.05) is 0 Å². The molecule has 0 aliphatic carbocycles. The van der Waals surface area contributed by atoms with E-state index >= 15 is 0 Å². The average Bonchev–Trinajstić information content (AvgIpc) is 3.09. The van der Waals surface area contributed by atoms with Crippen molar-refractivity contribution in [3.05, 3.63) is 76.1 Å². The van der Waals surface area contributed by atoms with E-state index in [9.17, 15) is 14.0 Å². The number of H-pyrrole nitrogens is 2. The Balaban J connectivity index is 1.53. The van der Waals surface area contributed by atoms with E-state index in [0.717, 1.165) is 10.9 Å². The van der Waals surface area contributed by atoms with E-state index in [-0.39, 0.29) is 23.5 Å². The lowest BCUT2D eigenvalue weighted by molar-refractivity contribution is -0.122. The van der Waals surface area contributed by atoms with E-state index in [1.807, 2.05) is 24.3 Å². The van der Waals surface area contributed by atoms with Crippen LogP contribution in [-0.4, -0.2) is 20.9 Å². The molecule has 6 nitrogen and oxygen atoms in total. The van der Waals surface area contributed by atoms with Crippen LogP contribution in [0.5, 0.6) is 0 Å². The number of aromatic amines is 2. The molecule has 1 atom stereocenters. The van der Waals surface area contributed by atoms with Gasteiger partial charge < -0.3 is 15.3 Å². The normalized spacial score (nSPS) is 12.4. The van der Waals surface area contributed by atoms with Crippen LogP contribution in [0.15, 0.2) is 53.3 Å². The van der Waals surface area contributed by atoms with Crippen LogP contribution in [0, 0.1) is 5.82 Å². The summed E-state index contributed by atoms with van der Waals surface area (Å²) >= 11 is 0. The average molecular weight is 364 g/mol. The minimum absolute atomic E-state index is 0.114. The fourth-order valence-electron chi connectivity index (χ4n) is 3.08. The zero-order valence-corrected chi connectivity index (χ0v) is 14.5. The van der Waals surface area contributed by atoms with E-state index < -0.39 is 11.7 Å². The third kappa shape index (κ3) is 3.19. The number of para-hydroxylation sites is 2. The highest BCUT2D eigenvalue weighted by Crippen LogP contribution is 2.18. The molecule has 2 heterocycles. The molecule has 27 heavy (non-hydrogen) atoms. The Hall–Kier alpha value is -3.48. The van der Waals surface area contributed by atoms with Crippen LogP contribution in [0.2, 0.25) is 0 Å². The highest BCUT2D eigenvalue weighted by Gasteiger charge is 2.19. The van der Waals surface area contributed by atoms with E-state index in [2.05, 4.69) is 20.3 Å². The van der Waals surface area contributed by atoms with Gasteiger partial charge in [0.1, 0.15) is 11.3 Å². The van der Waals surface area contributed by atoms with Gasteiger partial charge in [-0.15, -0.1) is 0 Å². The van der Waals surface area contributed by atoms with E-state index in [0.29, 0.717) is 16.9 Å². The molecule has 0 aliphatic rings. The smallest absolute Gasteiger partial charge is 0.252 e. The molecule has 2 aromatic carbocycles. The first kappa shape index (κ1) is 17.0. The summed E-state index contributed by atoms with van der Waals surface area (Å²) in [4.78, 5) is 34.8. The molecule has 0 saturated heterocycles. The third-order valence-electron chi connectivity index (χ3n) is 4.58. The quantitative estimate of drug-likeness (QED) is 0.520. The number of fused-ring (bicyclic) bond motifs is 2. The van der Waals surface area contributed by atoms with Crippen LogP contribution in [0.4, 0.5) is 4.39 Å². The summed E-state index contributed by atoms with van der Waals surface area (Å²) in [6.07, 6.45) is 0. The molecule has 3 N–H and O–H groups in total. The standard InChI is InChI=1S/C20H17FN4O2/c1-11(13-9-12-5-2-3-7-15(12)24-20(13)27)19(26)22-10-17-23-16-8-4-6-14(21)18(16)25-17/h2-9,11H,10H2,1H3,(H,22,26)(H,23,25)(H,24,27). The first-order valence-corrected chi connectivity index (χ1v) is 8.55. The number of carbonyl (C=O) groups excluding carboxylic acids is 1. The zero-order valence-electron chi connectivity index (χ0n) is 14.5. The monoisotopic (exact) mass is 364 g/mol. The second kappa shape index (κ2) is 6.68. The Labute approximate surface area is 153 Å². The van der Waals surface area contributed by atoms with Crippen LogP contribution >= 0.6 is 0 Å². The minimum atomic E-state index is -0.639. The van der Waals surface area contributed by atoms with Crippen LogP contribution < -0.4 is 10.9 Å². The minimum Gasteiger partial charge on any atom is -0.348 e. The molecule has 0 spiro atoms. The number of hydrogen-bond acceptors (Lipinski definition) is 3. The largest absolute Gasteiger partial charge is 0.348 e. The lowest BCUT2D eigenvalue weighted by atomic mass is 10.00. The predicted molar refractivity (Wildman–Crippen MR) is 101 cm³/mol. The molecule has 1 unspecified atom stereocenters. The van der Waals surface area contributed by atoms with Gasteiger partial charge in [0.05, 0.1) is 18.0 Å². The van der Waals surface area contributed by atoms with Gasteiger partial charge in [-0.25, -0.2) is 9.37 Å². The molecule has 0 aliphatic heterocycles. The Morgan fingerprint density at radius 2 is 1.93 bits per heavy atom. The molecule has 4 rings (SSSR count). The van der Waals surface area contributed by atoms with Gasteiger partial charge in [0.2, 0.25) is 5.91 Å². The van der Waals surface area contributed by atoms with Gasteiger partial charge in [-0.3, -0.25) is 9.59 Å². The summed E-state index contributed by atoms with van der Waals surface area (Å²) in [6.45, 7) is 1.79. The van der Waals surface area contributed by atoms with Crippen molar-refractivity contribution >= 4 is 27.8 Å². The maximum atomic E-state index is 13.7. The van der Waals surface area contributed by atoms with Crippen molar-refractivity contribution in [3.63, 3.8) is 0 Å². The Morgan fingerprint density at radius 1 is 1.15 bits per heavy atom. The summed E-state index contributed by atoms with van der Waals surface area (Å²) in [5.74, 6) is -0.920. The molecule has 7 heteroatoms. The molecule has 2 aromatic heterocycles. The lowest BCUT2D eigenvalue weighted by Crippen LogP contribution is -2.31. The number of hydrogen-bond donors (Lipinski definition) is 3. The SMILES string of the molecule is CC(C(=O)NCc1nc2c(F)cccc2[nH]1)c1cc2ccccc2[nH]c1=O. The molecule has 0 bridgehead atoms. The molecule has 4 aromatic rings. The molecule has 0 fully saturated rings. The first-order valence-electron chi connectivity index (χ1n) is 8.55. The highest BCUT2D eigenvalue weighted by molar-refractivity contribution is 5.85. The van der Waals surface area contributed by atoms with Crippen molar-refractivity contribution in [1.29, 1.82) is 0 Å². The predicted octanol–water partition coefficient (Wildman–Crippen LogP) is 2.96. The van der Waals surface area contributed by atoms with Gasteiger partial charge >= 0.3 is 0 Å². The summed E-state index contributed by atoms with van der Waals surface area (Å²) in [5.41, 5.74) is 1.63. The van der Waals surface area contributed by atoms with Crippen LogP contribution in [-0.2, 0) is 11.3 Å². The number of rotatable bonds is 4.